The number of nitrogens with one attached hydrogen (secondary N) is 1. The second-order valence-electron chi connectivity index (χ2n) is 6.32. The van der Waals surface area contributed by atoms with Crippen molar-refractivity contribution in [2.45, 2.75) is 24.7 Å². The minimum absolute atomic E-state index is 0.0275. The van der Waals surface area contributed by atoms with E-state index in [0.717, 1.165) is 18.5 Å². The molecule has 5 nitrogen and oxygen atoms in total. The van der Waals surface area contributed by atoms with Crippen molar-refractivity contribution in [1.29, 1.82) is 0 Å². The summed E-state index contributed by atoms with van der Waals surface area (Å²) in [6.07, 6.45) is 1.64. The van der Waals surface area contributed by atoms with Gasteiger partial charge in [0.1, 0.15) is 0 Å². The van der Waals surface area contributed by atoms with E-state index in [2.05, 4.69) is 29.6 Å². The van der Waals surface area contributed by atoms with Gasteiger partial charge >= 0.3 is 0 Å². The van der Waals surface area contributed by atoms with Gasteiger partial charge in [0.15, 0.2) is 9.84 Å². The van der Waals surface area contributed by atoms with Crippen LogP contribution in [0.4, 0.5) is 5.69 Å². The molecule has 26 heavy (non-hydrogen) atoms. The first-order valence-electron chi connectivity index (χ1n) is 8.71. The third-order valence-electron chi connectivity index (χ3n) is 4.23. The molecule has 0 aromatic heterocycles. The molecule has 0 bridgehead atoms. The van der Waals surface area contributed by atoms with Gasteiger partial charge in [0.2, 0.25) is 0 Å². The lowest BCUT2D eigenvalue weighted by Gasteiger charge is -2.13. The van der Waals surface area contributed by atoms with Crippen molar-refractivity contribution in [1.82, 2.24) is 5.32 Å². The number of sulfone groups is 1. The first kappa shape index (κ1) is 20.0. The number of hydrogen-bond acceptors (Lipinski definition) is 4. The van der Waals surface area contributed by atoms with Crippen molar-refractivity contribution in [3.63, 3.8) is 0 Å². The summed E-state index contributed by atoms with van der Waals surface area (Å²) in [5, 5.41) is 2.82. The Kier molecular flexibility index (Phi) is 6.80. The van der Waals surface area contributed by atoms with E-state index in [1.54, 1.807) is 25.1 Å². The molecule has 0 saturated heterocycles. The van der Waals surface area contributed by atoms with Gasteiger partial charge in [-0.2, -0.15) is 0 Å². The Morgan fingerprint density at radius 2 is 1.69 bits per heavy atom. The Labute approximate surface area is 156 Å². The molecule has 2 rings (SSSR count). The molecule has 1 N–H and O–H groups in total. The number of nitrogens with zero attached hydrogens (tertiary/aromatic N) is 1. The van der Waals surface area contributed by atoms with Gasteiger partial charge in [-0.25, -0.2) is 8.42 Å². The highest BCUT2D eigenvalue weighted by Crippen LogP contribution is 2.17. The van der Waals surface area contributed by atoms with Crippen molar-refractivity contribution in [3.05, 3.63) is 59.7 Å². The summed E-state index contributed by atoms with van der Waals surface area (Å²) in [7, 11) is 0.579. The van der Waals surface area contributed by atoms with Gasteiger partial charge in [-0.3, -0.25) is 4.79 Å². The number of aryl methyl sites for hydroxylation is 1. The lowest BCUT2D eigenvalue weighted by molar-refractivity contribution is 0.0950. The molecule has 0 atom stereocenters. The highest BCUT2D eigenvalue weighted by Gasteiger charge is 2.20. The van der Waals surface area contributed by atoms with Gasteiger partial charge in [-0.05, 0) is 42.7 Å². The zero-order chi connectivity index (χ0) is 19.2. The molecule has 0 aliphatic carbocycles. The van der Waals surface area contributed by atoms with Crippen molar-refractivity contribution >= 4 is 21.4 Å². The van der Waals surface area contributed by atoms with Crippen LogP contribution >= 0.6 is 0 Å². The van der Waals surface area contributed by atoms with Gasteiger partial charge in [0.25, 0.3) is 5.91 Å². The fraction of sp³-hybridized carbons (Fsp3) is 0.350. The van der Waals surface area contributed by atoms with Gasteiger partial charge in [0, 0.05) is 26.3 Å². The maximum absolute atomic E-state index is 12.4. The molecule has 0 heterocycles. The first-order chi connectivity index (χ1) is 12.3. The molecule has 0 fully saturated rings. The molecule has 0 radical (unpaired) electrons. The summed E-state index contributed by atoms with van der Waals surface area (Å²) < 4.78 is 24.3. The standard InChI is InChI=1S/C20H26N2O3S/c1-4-26(24,25)19-10-6-5-9-18(19)20(23)21-15-7-8-16-11-13-17(14-12-16)22(2)3/h5-6,9-14H,4,7-8,15H2,1-3H3,(H,21,23). The predicted octanol–water partition coefficient (Wildman–Crippen LogP) is 2.91. The van der Waals surface area contributed by atoms with Crippen LogP contribution in [0, 0.1) is 0 Å². The average molecular weight is 375 g/mol. The molecule has 1 amide bonds. The largest absolute Gasteiger partial charge is 0.378 e. The second-order valence-corrected chi connectivity index (χ2v) is 8.57. The second kappa shape index (κ2) is 8.85. The van der Waals surface area contributed by atoms with Crippen molar-refractivity contribution in [2.75, 3.05) is 31.3 Å². The summed E-state index contributed by atoms with van der Waals surface area (Å²) >= 11 is 0. The Bertz CT molecular complexity index is 844. The highest BCUT2D eigenvalue weighted by molar-refractivity contribution is 7.91. The zero-order valence-corrected chi connectivity index (χ0v) is 16.3. The number of carbonyl (C=O) groups excluding carboxylic acids is 1. The van der Waals surface area contributed by atoms with Crippen LogP contribution in [-0.4, -0.2) is 40.7 Å². The minimum Gasteiger partial charge on any atom is -0.378 e. The first-order valence-corrected chi connectivity index (χ1v) is 10.4. The van der Waals surface area contributed by atoms with Crippen LogP contribution in [0.1, 0.15) is 29.3 Å². The van der Waals surface area contributed by atoms with Crippen molar-refractivity contribution in [3.8, 4) is 0 Å². The maximum atomic E-state index is 12.4. The molecule has 0 aliphatic rings. The van der Waals surface area contributed by atoms with Crippen LogP contribution in [0.2, 0.25) is 0 Å². The number of benzene rings is 2. The van der Waals surface area contributed by atoms with E-state index in [9.17, 15) is 13.2 Å². The van der Waals surface area contributed by atoms with E-state index >= 15 is 0 Å². The molecule has 2 aromatic rings. The van der Waals surface area contributed by atoms with Crippen molar-refractivity contribution in [2.24, 2.45) is 0 Å². The van der Waals surface area contributed by atoms with Gasteiger partial charge in [-0.15, -0.1) is 0 Å². The van der Waals surface area contributed by atoms with Crippen LogP contribution in [-0.2, 0) is 16.3 Å². The lowest BCUT2D eigenvalue weighted by atomic mass is 10.1. The van der Waals surface area contributed by atoms with Crippen LogP contribution in [0.5, 0.6) is 0 Å². The third-order valence-corrected chi connectivity index (χ3v) is 6.01. The molecule has 0 unspecified atom stereocenters. The fourth-order valence-corrected chi connectivity index (χ4v) is 3.72. The van der Waals surface area contributed by atoms with Crippen LogP contribution in [0.3, 0.4) is 0 Å². The molecule has 140 valence electrons. The van der Waals surface area contributed by atoms with Gasteiger partial charge in [-0.1, -0.05) is 31.2 Å². The summed E-state index contributed by atoms with van der Waals surface area (Å²) in [5.41, 5.74) is 2.57. The normalized spacial score (nSPS) is 11.2. The minimum atomic E-state index is -3.42. The Morgan fingerprint density at radius 3 is 2.31 bits per heavy atom. The third kappa shape index (κ3) is 5.08. The summed E-state index contributed by atoms with van der Waals surface area (Å²) in [4.78, 5) is 14.5. The van der Waals surface area contributed by atoms with Crippen molar-refractivity contribution < 1.29 is 13.2 Å². The van der Waals surface area contributed by atoms with Gasteiger partial charge < -0.3 is 10.2 Å². The molecule has 2 aromatic carbocycles. The van der Waals surface area contributed by atoms with Crippen LogP contribution in [0.25, 0.3) is 0 Å². The summed E-state index contributed by atoms with van der Waals surface area (Å²) in [6, 6.07) is 14.7. The number of hydrogen-bond donors (Lipinski definition) is 1. The molecular formula is C20H26N2O3S. The highest BCUT2D eigenvalue weighted by atomic mass is 32.2. The Morgan fingerprint density at radius 1 is 1.04 bits per heavy atom. The van der Waals surface area contributed by atoms with Gasteiger partial charge in [0.05, 0.1) is 16.2 Å². The molecule has 0 saturated carbocycles. The van der Waals surface area contributed by atoms with E-state index < -0.39 is 9.84 Å². The van der Waals surface area contributed by atoms with Crippen LogP contribution in [0.15, 0.2) is 53.4 Å². The SMILES string of the molecule is CCS(=O)(=O)c1ccccc1C(=O)NCCCc1ccc(N(C)C)cc1. The van der Waals surface area contributed by atoms with E-state index in [0.29, 0.717) is 6.54 Å². The van der Waals surface area contributed by atoms with E-state index in [4.69, 9.17) is 0 Å². The monoisotopic (exact) mass is 374 g/mol. The molecule has 0 aliphatic heterocycles. The van der Waals surface area contributed by atoms with E-state index in [1.165, 1.54) is 11.6 Å². The lowest BCUT2D eigenvalue weighted by Crippen LogP contribution is -2.26. The molecule has 0 spiro atoms. The zero-order valence-electron chi connectivity index (χ0n) is 15.5. The topological polar surface area (TPSA) is 66.5 Å². The Balaban J connectivity index is 1.92. The number of rotatable bonds is 8. The number of amides is 1. The average Bonchev–Trinajstić information content (AvgIpc) is 2.65. The van der Waals surface area contributed by atoms with Crippen LogP contribution < -0.4 is 10.2 Å². The smallest absolute Gasteiger partial charge is 0.252 e. The summed E-state index contributed by atoms with van der Waals surface area (Å²) in [6.45, 7) is 2.07. The quantitative estimate of drug-likeness (QED) is 0.722. The molecular weight excluding hydrogens is 348 g/mol. The van der Waals surface area contributed by atoms with E-state index in [1.807, 2.05) is 19.0 Å². The van der Waals surface area contributed by atoms with E-state index in [-0.39, 0.29) is 22.1 Å². The fourth-order valence-electron chi connectivity index (χ4n) is 2.63. The Hall–Kier alpha value is -2.34. The maximum Gasteiger partial charge on any atom is 0.252 e. The molecule has 6 heteroatoms. The number of carbonyl (C=O) groups is 1. The summed E-state index contributed by atoms with van der Waals surface area (Å²) in [5.74, 6) is -0.374. The number of anilines is 1. The predicted molar refractivity (Wildman–Crippen MR) is 106 cm³/mol.